The van der Waals surface area contributed by atoms with E-state index < -0.39 is 5.97 Å². The number of hydrogen-bond donors (Lipinski definition) is 0. The summed E-state index contributed by atoms with van der Waals surface area (Å²) in [5.74, 6) is 0.216. The van der Waals surface area contributed by atoms with Crippen LogP contribution in [0.1, 0.15) is 41.9 Å². The van der Waals surface area contributed by atoms with E-state index in [1.54, 1.807) is 37.3 Å². The summed E-state index contributed by atoms with van der Waals surface area (Å²) in [5, 5.41) is 3.88. The Kier molecular flexibility index (Phi) is 5.71. The molecule has 0 atom stereocenters. The maximum Gasteiger partial charge on any atom is 0.342 e. The number of nitrogens with zero attached hydrogens (tertiary/aromatic N) is 1. The summed E-state index contributed by atoms with van der Waals surface area (Å²) in [5.41, 5.74) is 1.84. The summed E-state index contributed by atoms with van der Waals surface area (Å²) >= 11 is 1.38. The number of ketones is 1. The van der Waals surface area contributed by atoms with Gasteiger partial charge in [-0.2, -0.15) is 0 Å². The van der Waals surface area contributed by atoms with Crippen molar-refractivity contribution in [3.05, 3.63) is 68.7 Å². The van der Waals surface area contributed by atoms with Gasteiger partial charge in [-0.3, -0.25) is 4.79 Å². The molecule has 0 saturated heterocycles. The Hall–Kier alpha value is -2.93. The Balaban J connectivity index is 1.65. The molecule has 0 saturated carbocycles. The molecule has 3 rings (SSSR count). The summed E-state index contributed by atoms with van der Waals surface area (Å²) in [6.07, 6.45) is 0. The molecule has 0 aliphatic heterocycles. The van der Waals surface area contributed by atoms with Crippen LogP contribution in [-0.2, 0) is 11.3 Å². The first-order valence-electron chi connectivity index (χ1n) is 8.36. The molecular formula is C20H19NO5S. The highest BCUT2D eigenvalue weighted by Gasteiger charge is 2.18. The van der Waals surface area contributed by atoms with Gasteiger partial charge in [0.1, 0.15) is 23.7 Å². The van der Waals surface area contributed by atoms with Crippen molar-refractivity contribution in [1.29, 1.82) is 0 Å². The molecule has 0 fully saturated rings. The van der Waals surface area contributed by atoms with Crippen molar-refractivity contribution in [2.45, 2.75) is 27.4 Å². The van der Waals surface area contributed by atoms with Crippen LogP contribution in [0.5, 0.6) is 5.75 Å². The fraction of sp³-hybridized carbons (Fsp3) is 0.250. The highest BCUT2D eigenvalue weighted by Crippen LogP contribution is 2.22. The van der Waals surface area contributed by atoms with Crippen LogP contribution in [0, 0.1) is 20.8 Å². The number of esters is 1. The van der Waals surface area contributed by atoms with Gasteiger partial charge in [-0.25, -0.2) is 4.79 Å². The Morgan fingerprint density at radius 2 is 1.89 bits per heavy atom. The number of hydrogen-bond acceptors (Lipinski definition) is 7. The minimum absolute atomic E-state index is 0.221. The van der Waals surface area contributed by atoms with Crippen molar-refractivity contribution >= 4 is 23.1 Å². The quantitative estimate of drug-likeness (QED) is 0.446. The number of rotatable bonds is 7. The molecular weight excluding hydrogens is 366 g/mol. The Morgan fingerprint density at radius 1 is 1.11 bits per heavy atom. The van der Waals surface area contributed by atoms with Gasteiger partial charge in [0, 0.05) is 4.88 Å². The van der Waals surface area contributed by atoms with Crippen LogP contribution in [0.3, 0.4) is 0 Å². The van der Waals surface area contributed by atoms with Crippen molar-refractivity contribution in [2.75, 3.05) is 6.61 Å². The van der Waals surface area contributed by atoms with Crippen LogP contribution in [0.2, 0.25) is 0 Å². The molecule has 0 radical (unpaired) electrons. The molecule has 0 N–H and O–H groups in total. The predicted molar refractivity (Wildman–Crippen MR) is 100 cm³/mol. The van der Waals surface area contributed by atoms with Gasteiger partial charge in [0.2, 0.25) is 5.78 Å². The molecule has 140 valence electrons. The lowest BCUT2D eigenvalue weighted by atomic mass is 10.2. The number of Topliss-reactive ketones (excluding diaryl/α,β-unsaturated/α-hetero) is 1. The summed E-state index contributed by atoms with van der Waals surface area (Å²) in [6, 6.07) is 10.3. The van der Waals surface area contributed by atoms with Gasteiger partial charge in [-0.05, 0) is 45.0 Å². The number of aryl methyl sites for hydroxylation is 3. The number of benzene rings is 1. The van der Waals surface area contributed by atoms with Gasteiger partial charge < -0.3 is 14.0 Å². The molecule has 1 aromatic carbocycles. The van der Waals surface area contributed by atoms with E-state index in [0.29, 0.717) is 16.4 Å². The van der Waals surface area contributed by atoms with Crippen LogP contribution in [-0.4, -0.2) is 23.5 Å². The van der Waals surface area contributed by atoms with Gasteiger partial charge >= 0.3 is 5.97 Å². The van der Waals surface area contributed by atoms with Crippen molar-refractivity contribution in [2.24, 2.45) is 0 Å². The standard InChI is InChI=1S/C20H19NO5S/c1-12-8-9-19(27-12)17(22)11-25-20(23)15-6-4-5-7-18(15)24-10-16-13(2)21-26-14(16)3/h4-9H,10-11H2,1-3H3. The topological polar surface area (TPSA) is 78.6 Å². The van der Waals surface area contributed by atoms with Gasteiger partial charge in [0.05, 0.1) is 16.1 Å². The molecule has 27 heavy (non-hydrogen) atoms. The molecule has 7 heteroatoms. The molecule has 0 bridgehead atoms. The van der Waals surface area contributed by atoms with Crippen LogP contribution in [0.4, 0.5) is 0 Å². The van der Waals surface area contributed by atoms with Crippen molar-refractivity contribution < 1.29 is 23.6 Å². The van der Waals surface area contributed by atoms with E-state index in [9.17, 15) is 9.59 Å². The average molecular weight is 385 g/mol. The minimum Gasteiger partial charge on any atom is -0.488 e. The van der Waals surface area contributed by atoms with E-state index in [4.69, 9.17) is 14.0 Å². The van der Waals surface area contributed by atoms with Crippen LogP contribution < -0.4 is 4.74 Å². The first-order chi connectivity index (χ1) is 13.0. The molecule has 2 heterocycles. The summed E-state index contributed by atoms with van der Waals surface area (Å²) in [7, 11) is 0. The van der Waals surface area contributed by atoms with Crippen molar-refractivity contribution in [1.82, 2.24) is 5.16 Å². The highest BCUT2D eigenvalue weighted by atomic mass is 32.1. The lowest BCUT2D eigenvalue weighted by Gasteiger charge is -2.11. The SMILES string of the molecule is Cc1ccc(C(=O)COC(=O)c2ccccc2OCc2c(C)noc2C)s1. The second kappa shape index (κ2) is 8.18. The van der Waals surface area contributed by atoms with E-state index in [2.05, 4.69) is 5.16 Å². The maximum absolute atomic E-state index is 12.4. The van der Waals surface area contributed by atoms with E-state index in [1.807, 2.05) is 19.9 Å². The number of aromatic nitrogens is 1. The third kappa shape index (κ3) is 4.43. The lowest BCUT2D eigenvalue weighted by Crippen LogP contribution is -2.14. The molecule has 6 nitrogen and oxygen atoms in total. The highest BCUT2D eigenvalue weighted by molar-refractivity contribution is 7.14. The normalized spacial score (nSPS) is 10.6. The van der Waals surface area contributed by atoms with E-state index in [0.717, 1.165) is 16.1 Å². The molecule has 0 unspecified atom stereocenters. The van der Waals surface area contributed by atoms with Gasteiger partial charge in [-0.1, -0.05) is 17.3 Å². The largest absolute Gasteiger partial charge is 0.488 e. The molecule has 0 aliphatic carbocycles. The Morgan fingerprint density at radius 3 is 2.56 bits per heavy atom. The Bertz CT molecular complexity index is 953. The van der Waals surface area contributed by atoms with E-state index in [1.165, 1.54) is 11.3 Å². The van der Waals surface area contributed by atoms with Gasteiger partial charge in [0.15, 0.2) is 6.61 Å². The number of carbonyl (C=O) groups is 2. The average Bonchev–Trinajstić information content (AvgIpc) is 3.24. The van der Waals surface area contributed by atoms with Crippen LogP contribution >= 0.6 is 11.3 Å². The van der Waals surface area contributed by atoms with E-state index in [-0.39, 0.29) is 24.6 Å². The second-order valence-electron chi connectivity index (χ2n) is 6.00. The summed E-state index contributed by atoms with van der Waals surface area (Å²) in [4.78, 5) is 26.1. The molecule has 0 amide bonds. The monoisotopic (exact) mass is 385 g/mol. The molecule has 0 spiro atoms. The van der Waals surface area contributed by atoms with Gasteiger partial charge in [0.25, 0.3) is 0 Å². The summed E-state index contributed by atoms with van der Waals surface area (Å²) in [6.45, 7) is 5.46. The zero-order valence-electron chi connectivity index (χ0n) is 15.3. The van der Waals surface area contributed by atoms with Crippen molar-refractivity contribution in [3.63, 3.8) is 0 Å². The number of para-hydroxylation sites is 1. The van der Waals surface area contributed by atoms with Crippen LogP contribution in [0.15, 0.2) is 40.9 Å². The lowest BCUT2D eigenvalue weighted by molar-refractivity contribution is 0.0471. The Labute approximate surface area is 160 Å². The first-order valence-corrected chi connectivity index (χ1v) is 9.17. The van der Waals surface area contributed by atoms with Crippen molar-refractivity contribution in [3.8, 4) is 5.75 Å². The number of carbonyl (C=O) groups excluding carboxylic acids is 2. The smallest absolute Gasteiger partial charge is 0.342 e. The fourth-order valence-corrected chi connectivity index (χ4v) is 3.28. The zero-order chi connectivity index (χ0) is 19.4. The minimum atomic E-state index is -0.606. The zero-order valence-corrected chi connectivity index (χ0v) is 16.1. The third-order valence-electron chi connectivity index (χ3n) is 4.01. The predicted octanol–water partition coefficient (Wildman–Crippen LogP) is 4.28. The molecule has 3 aromatic rings. The third-order valence-corrected chi connectivity index (χ3v) is 5.05. The van der Waals surface area contributed by atoms with E-state index >= 15 is 0 Å². The van der Waals surface area contributed by atoms with Gasteiger partial charge in [-0.15, -0.1) is 11.3 Å². The molecule has 2 aromatic heterocycles. The van der Waals surface area contributed by atoms with Crippen LogP contribution in [0.25, 0.3) is 0 Å². The summed E-state index contributed by atoms with van der Waals surface area (Å²) < 4.78 is 16.1. The fourth-order valence-electron chi connectivity index (χ4n) is 2.48. The first kappa shape index (κ1) is 18.8. The molecule has 0 aliphatic rings. The second-order valence-corrected chi connectivity index (χ2v) is 7.29. The number of thiophene rings is 1. The maximum atomic E-state index is 12.4. The number of ether oxygens (including phenoxy) is 2.